The van der Waals surface area contributed by atoms with Gasteiger partial charge in [0.1, 0.15) is 0 Å². The third kappa shape index (κ3) is 3.21. The predicted octanol–water partition coefficient (Wildman–Crippen LogP) is 0.747. The van der Waals surface area contributed by atoms with E-state index in [-0.39, 0.29) is 6.10 Å². The highest BCUT2D eigenvalue weighted by Gasteiger charge is 2.16. The van der Waals surface area contributed by atoms with Crippen molar-refractivity contribution in [1.29, 1.82) is 5.26 Å². The summed E-state index contributed by atoms with van der Waals surface area (Å²) in [4.78, 5) is 2.24. The molecule has 1 heterocycles. The van der Waals surface area contributed by atoms with Crippen molar-refractivity contribution in [1.82, 2.24) is 4.90 Å². The van der Waals surface area contributed by atoms with Gasteiger partial charge in [-0.25, -0.2) is 0 Å². The van der Waals surface area contributed by atoms with Crippen LogP contribution in [0.1, 0.15) is 25.7 Å². The van der Waals surface area contributed by atoms with E-state index in [1.165, 1.54) is 0 Å². The topological polar surface area (TPSA) is 47.3 Å². The van der Waals surface area contributed by atoms with Gasteiger partial charge in [-0.2, -0.15) is 5.26 Å². The number of piperidine rings is 1. The predicted molar refractivity (Wildman–Crippen MR) is 46.5 cm³/mol. The van der Waals surface area contributed by atoms with Crippen LogP contribution in [0, 0.1) is 11.3 Å². The molecule has 0 aromatic carbocycles. The lowest BCUT2D eigenvalue weighted by molar-refractivity contribution is 0.0704. The Labute approximate surface area is 73.6 Å². The second kappa shape index (κ2) is 5.13. The maximum atomic E-state index is 9.33. The molecule has 1 N–H and O–H groups in total. The van der Waals surface area contributed by atoms with Gasteiger partial charge in [0, 0.05) is 13.0 Å². The van der Waals surface area contributed by atoms with E-state index in [1.54, 1.807) is 0 Å². The summed E-state index contributed by atoms with van der Waals surface area (Å²) in [6.45, 7) is 2.85. The lowest BCUT2D eigenvalue weighted by atomic mass is 10.1. The van der Waals surface area contributed by atoms with E-state index < -0.39 is 0 Å². The lowest BCUT2D eigenvalue weighted by Crippen LogP contribution is -2.38. The van der Waals surface area contributed by atoms with Gasteiger partial charge in [-0.05, 0) is 32.4 Å². The average Bonchev–Trinajstić information content (AvgIpc) is 2.05. The number of aliphatic hydroxyl groups is 1. The van der Waals surface area contributed by atoms with E-state index in [9.17, 15) is 5.11 Å². The van der Waals surface area contributed by atoms with Gasteiger partial charge in [0.15, 0.2) is 0 Å². The lowest BCUT2D eigenvalue weighted by Gasteiger charge is -2.29. The number of likely N-dealkylation sites (tertiary alicyclic amines) is 1. The van der Waals surface area contributed by atoms with E-state index in [4.69, 9.17) is 5.26 Å². The molecule has 0 bridgehead atoms. The monoisotopic (exact) mass is 168 g/mol. The minimum absolute atomic E-state index is 0.138. The SMILES string of the molecule is N#CCCCN1CCCC(O)C1. The largest absolute Gasteiger partial charge is 0.392 e. The molecule has 1 aliphatic heterocycles. The van der Waals surface area contributed by atoms with Gasteiger partial charge < -0.3 is 10.0 Å². The van der Waals surface area contributed by atoms with E-state index in [1.807, 2.05) is 0 Å². The number of β-amino-alcohol motifs (C(OH)–C–C–N with tert-alkyl or cyclic N) is 1. The van der Waals surface area contributed by atoms with Gasteiger partial charge >= 0.3 is 0 Å². The van der Waals surface area contributed by atoms with Gasteiger partial charge in [0.05, 0.1) is 12.2 Å². The Hall–Kier alpha value is -0.590. The Kier molecular flexibility index (Phi) is 4.06. The first-order chi connectivity index (χ1) is 5.83. The summed E-state index contributed by atoms with van der Waals surface area (Å²) in [5, 5.41) is 17.7. The van der Waals surface area contributed by atoms with E-state index >= 15 is 0 Å². The minimum Gasteiger partial charge on any atom is -0.392 e. The van der Waals surface area contributed by atoms with Crippen LogP contribution in [-0.2, 0) is 0 Å². The van der Waals surface area contributed by atoms with Crippen LogP contribution >= 0.6 is 0 Å². The Balaban J connectivity index is 2.11. The van der Waals surface area contributed by atoms with Gasteiger partial charge in [-0.3, -0.25) is 0 Å². The molecule has 3 nitrogen and oxygen atoms in total. The molecule has 3 heteroatoms. The van der Waals surface area contributed by atoms with Gasteiger partial charge in [0.2, 0.25) is 0 Å². The molecule has 0 saturated carbocycles. The van der Waals surface area contributed by atoms with Gasteiger partial charge in [0.25, 0.3) is 0 Å². The van der Waals surface area contributed by atoms with Crippen LogP contribution in [0.25, 0.3) is 0 Å². The fraction of sp³-hybridized carbons (Fsp3) is 0.889. The van der Waals surface area contributed by atoms with E-state index in [0.717, 1.165) is 38.9 Å². The first-order valence-electron chi connectivity index (χ1n) is 4.60. The van der Waals surface area contributed by atoms with Crippen LogP contribution < -0.4 is 0 Å². The number of nitrogens with zero attached hydrogens (tertiary/aromatic N) is 2. The van der Waals surface area contributed by atoms with Crippen LogP contribution in [0.15, 0.2) is 0 Å². The highest BCUT2D eigenvalue weighted by atomic mass is 16.3. The first kappa shape index (κ1) is 9.50. The molecule has 0 aromatic rings. The zero-order valence-corrected chi connectivity index (χ0v) is 7.37. The van der Waals surface area contributed by atoms with Crippen LogP contribution in [-0.4, -0.2) is 35.7 Å². The minimum atomic E-state index is -0.138. The molecule has 0 aromatic heterocycles. The van der Waals surface area contributed by atoms with Crippen molar-refractivity contribution >= 4 is 0 Å². The summed E-state index contributed by atoms with van der Waals surface area (Å²) >= 11 is 0. The number of unbranched alkanes of at least 4 members (excludes halogenated alkanes) is 1. The van der Waals surface area contributed by atoms with Crippen molar-refractivity contribution in [2.24, 2.45) is 0 Å². The summed E-state index contributed by atoms with van der Waals surface area (Å²) in [5.74, 6) is 0. The second-order valence-electron chi connectivity index (χ2n) is 3.36. The molecule has 1 atom stereocenters. The Morgan fingerprint density at radius 3 is 3.08 bits per heavy atom. The van der Waals surface area contributed by atoms with E-state index in [2.05, 4.69) is 11.0 Å². The second-order valence-corrected chi connectivity index (χ2v) is 3.36. The average molecular weight is 168 g/mol. The molecule has 1 rings (SSSR count). The fourth-order valence-corrected chi connectivity index (χ4v) is 1.62. The fourth-order valence-electron chi connectivity index (χ4n) is 1.62. The van der Waals surface area contributed by atoms with Gasteiger partial charge in [-0.15, -0.1) is 0 Å². The van der Waals surface area contributed by atoms with E-state index in [0.29, 0.717) is 6.42 Å². The normalized spacial score (nSPS) is 25.2. The first-order valence-corrected chi connectivity index (χ1v) is 4.60. The molecule has 0 amide bonds. The smallest absolute Gasteiger partial charge is 0.0667 e. The van der Waals surface area contributed by atoms with Crippen molar-refractivity contribution in [2.45, 2.75) is 31.8 Å². The molecule has 1 aliphatic rings. The molecule has 1 unspecified atom stereocenters. The van der Waals surface area contributed by atoms with Crippen molar-refractivity contribution in [3.63, 3.8) is 0 Å². The third-order valence-electron chi connectivity index (χ3n) is 2.24. The molecule has 0 aliphatic carbocycles. The summed E-state index contributed by atoms with van der Waals surface area (Å²) in [6, 6.07) is 2.13. The van der Waals surface area contributed by atoms with Crippen LogP contribution in [0.3, 0.4) is 0 Å². The molecule has 0 spiro atoms. The van der Waals surface area contributed by atoms with Crippen molar-refractivity contribution in [3.05, 3.63) is 0 Å². The number of aliphatic hydroxyl groups excluding tert-OH is 1. The molecule has 1 fully saturated rings. The molecule has 1 saturated heterocycles. The van der Waals surface area contributed by atoms with Crippen LogP contribution in [0.5, 0.6) is 0 Å². The summed E-state index contributed by atoms with van der Waals surface area (Å²) < 4.78 is 0. The Bertz CT molecular complexity index is 164. The van der Waals surface area contributed by atoms with Crippen LogP contribution in [0.2, 0.25) is 0 Å². The Morgan fingerprint density at radius 2 is 2.42 bits per heavy atom. The van der Waals surface area contributed by atoms with Crippen molar-refractivity contribution in [3.8, 4) is 6.07 Å². The summed E-state index contributed by atoms with van der Waals surface area (Å²) in [5.41, 5.74) is 0. The molecule has 0 radical (unpaired) electrons. The maximum absolute atomic E-state index is 9.33. The number of rotatable bonds is 3. The molecular weight excluding hydrogens is 152 g/mol. The van der Waals surface area contributed by atoms with Crippen molar-refractivity contribution < 1.29 is 5.11 Å². The summed E-state index contributed by atoms with van der Waals surface area (Å²) in [7, 11) is 0. The molecule has 12 heavy (non-hydrogen) atoms. The zero-order chi connectivity index (χ0) is 8.81. The number of nitriles is 1. The zero-order valence-electron chi connectivity index (χ0n) is 7.37. The van der Waals surface area contributed by atoms with Gasteiger partial charge in [-0.1, -0.05) is 0 Å². The van der Waals surface area contributed by atoms with Crippen LogP contribution in [0.4, 0.5) is 0 Å². The molecule has 68 valence electrons. The Morgan fingerprint density at radius 1 is 1.58 bits per heavy atom. The number of hydrogen-bond donors (Lipinski definition) is 1. The quantitative estimate of drug-likeness (QED) is 0.632. The highest BCUT2D eigenvalue weighted by molar-refractivity contribution is 4.74. The number of hydrogen-bond acceptors (Lipinski definition) is 3. The van der Waals surface area contributed by atoms with Crippen molar-refractivity contribution in [2.75, 3.05) is 19.6 Å². The highest BCUT2D eigenvalue weighted by Crippen LogP contribution is 2.09. The summed E-state index contributed by atoms with van der Waals surface area (Å²) in [6.07, 6.45) is 3.46. The molecular formula is C9H16N2O. The standard InChI is InChI=1S/C9H16N2O/c10-5-1-2-6-11-7-3-4-9(12)8-11/h9,12H,1-4,6-8H2. The third-order valence-corrected chi connectivity index (χ3v) is 2.24. The maximum Gasteiger partial charge on any atom is 0.0667 e.